The highest BCUT2D eigenvalue weighted by molar-refractivity contribution is 7.92. The molecule has 1 unspecified atom stereocenters. The number of nitrogens with one attached hydrogen (secondary N) is 1. The lowest BCUT2D eigenvalue weighted by molar-refractivity contribution is -0.137. The number of aryl methyl sites for hydroxylation is 2. The summed E-state index contributed by atoms with van der Waals surface area (Å²) < 4.78 is 78.2. The monoisotopic (exact) mass is 474 g/mol. The van der Waals surface area contributed by atoms with E-state index in [-0.39, 0.29) is 39.0 Å². The average molecular weight is 475 g/mol. The van der Waals surface area contributed by atoms with E-state index in [1.54, 1.807) is 20.9 Å². The Kier molecular flexibility index (Phi) is 5.63. The van der Waals surface area contributed by atoms with Gasteiger partial charge in [-0.3, -0.25) is 0 Å². The lowest BCUT2D eigenvalue weighted by Crippen LogP contribution is -2.08. The van der Waals surface area contributed by atoms with Crippen molar-refractivity contribution in [2.24, 2.45) is 11.4 Å². The maximum atomic E-state index is 13.1. The van der Waals surface area contributed by atoms with Gasteiger partial charge < -0.3 is 4.57 Å². The smallest absolute Gasteiger partial charge is 0.310 e. The molecule has 0 radical (unpaired) electrons. The Morgan fingerprint density at radius 1 is 1.19 bits per heavy atom. The third-order valence-electron chi connectivity index (χ3n) is 4.48. The number of alkyl halides is 3. The molecule has 31 heavy (non-hydrogen) atoms. The van der Waals surface area contributed by atoms with E-state index >= 15 is 0 Å². The molecule has 1 N–H and O–H groups in total. The van der Waals surface area contributed by atoms with Crippen molar-refractivity contribution in [3.8, 4) is 11.5 Å². The molecule has 0 aliphatic carbocycles. The highest BCUT2D eigenvalue weighted by Gasteiger charge is 2.32. The van der Waals surface area contributed by atoms with Crippen LogP contribution < -0.4 is 0 Å². The average Bonchev–Trinajstić information content (AvgIpc) is 2.97. The number of imidazole rings is 1. The summed E-state index contributed by atoms with van der Waals surface area (Å²) in [5.74, 6) is 0.0896. The second-order valence-electron chi connectivity index (χ2n) is 7.24. The Bertz CT molecular complexity index is 1410. The SMILES string of the molecule is CCS(=N)(=O)c1cc(N=S(C)(C)=O)c(C)nc1-c1nc2cc(C(F)(F)F)cnc2n1C. The molecule has 8 nitrogen and oxygen atoms in total. The van der Waals surface area contributed by atoms with Gasteiger partial charge in [-0.2, -0.15) is 17.5 Å². The molecule has 168 valence electrons. The number of pyridine rings is 2. The fourth-order valence-electron chi connectivity index (χ4n) is 2.92. The zero-order chi connectivity index (χ0) is 23.4. The third-order valence-corrected chi connectivity index (χ3v) is 6.95. The zero-order valence-corrected chi connectivity index (χ0v) is 19.1. The van der Waals surface area contributed by atoms with Crippen molar-refractivity contribution < 1.29 is 21.6 Å². The van der Waals surface area contributed by atoms with Gasteiger partial charge in [-0.05, 0) is 19.1 Å². The van der Waals surface area contributed by atoms with Crippen molar-refractivity contribution in [2.75, 3.05) is 18.3 Å². The fraction of sp³-hybridized carbons (Fsp3) is 0.389. The molecule has 3 aromatic rings. The molecule has 0 amide bonds. The van der Waals surface area contributed by atoms with E-state index in [4.69, 9.17) is 4.78 Å². The first-order valence-electron chi connectivity index (χ1n) is 8.99. The first-order chi connectivity index (χ1) is 14.1. The van der Waals surface area contributed by atoms with Gasteiger partial charge in [0.05, 0.1) is 31.6 Å². The third kappa shape index (κ3) is 4.56. The molecule has 3 heterocycles. The van der Waals surface area contributed by atoms with Gasteiger partial charge in [0.1, 0.15) is 11.2 Å². The standard InChI is InChI=1S/C18H21F3N6O2S2/c1-6-31(22,29)14-8-12(26-30(4,5)28)10(2)24-15(14)17-25-13-7-11(18(19,20)21)9-23-16(13)27(17)3/h7-9,22H,6H2,1-5H3. The molecule has 0 saturated heterocycles. The Morgan fingerprint density at radius 2 is 1.84 bits per heavy atom. The van der Waals surface area contributed by atoms with Crippen LogP contribution in [-0.2, 0) is 32.7 Å². The number of hydrogen-bond donors (Lipinski definition) is 1. The summed E-state index contributed by atoms with van der Waals surface area (Å²) in [5.41, 5.74) is -0.0893. The highest BCUT2D eigenvalue weighted by atomic mass is 32.2. The van der Waals surface area contributed by atoms with Crippen molar-refractivity contribution >= 4 is 36.3 Å². The summed E-state index contributed by atoms with van der Waals surface area (Å²) in [6.07, 6.45) is -0.984. The van der Waals surface area contributed by atoms with Crippen LogP contribution in [-0.4, -0.2) is 46.2 Å². The van der Waals surface area contributed by atoms with Gasteiger partial charge in [-0.1, -0.05) is 6.92 Å². The molecule has 0 fully saturated rings. The van der Waals surface area contributed by atoms with E-state index in [2.05, 4.69) is 19.3 Å². The molecule has 0 aliphatic rings. The summed E-state index contributed by atoms with van der Waals surface area (Å²) in [6.45, 7) is 3.18. The molecule has 1 atom stereocenters. The fourth-order valence-corrected chi connectivity index (χ4v) is 4.64. The molecule has 0 saturated carbocycles. The van der Waals surface area contributed by atoms with Crippen LogP contribution in [0, 0.1) is 11.7 Å². The zero-order valence-electron chi connectivity index (χ0n) is 17.4. The van der Waals surface area contributed by atoms with Crippen LogP contribution in [0.4, 0.5) is 18.9 Å². The maximum Gasteiger partial charge on any atom is 0.417 e. The summed E-state index contributed by atoms with van der Waals surface area (Å²) in [5, 5.41) is 0. The molecule has 0 aromatic carbocycles. The molecule has 0 spiro atoms. The normalized spacial score (nSPS) is 14.6. The van der Waals surface area contributed by atoms with Gasteiger partial charge in [0.25, 0.3) is 0 Å². The number of halogens is 3. The molecule has 0 aliphatic heterocycles. The quantitative estimate of drug-likeness (QED) is 0.610. The lowest BCUT2D eigenvalue weighted by atomic mass is 10.2. The molecule has 13 heteroatoms. The summed E-state index contributed by atoms with van der Waals surface area (Å²) >= 11 is 0. The van der Waals surface area contributed by atoms with Gasteiger partial charge in [0.15, 0.2) is 11.5 Å². The molecule has 0 bridgehead atoms. The van der Waals surface area contributed by atoms with Crippen molar-refractivity contribution in [1.29, 1.82) is 4.78 Å². The van der Waals surface area contributed by atoms with E-state index in [0.29, 0.717) is 11.9 Å². The minimum absolute atomic E-state index is 0.00962. The largest absolute Gasteiger partial charge is 0.417 e. The molecule has 3 rings (SSSR count). The van der Waals surface area contributed by atoms with E-state index in [1.807, 2.05) is 0 Å². The molecule has 3 aromatic heterocycles. The van der Waals surface area contributed by atoms with Crippen molar-refractivity contribution in [2.45, 2.75) is 24.9 Å². The van der Waals surface area contributed by atoms with Gasteiger partial charge in [-0.15, -0.1) is 0 Å². The van der Waals surface area contributed by atoms with Crippen molar-refractivity contribution in [3.63, 3.8) is 0 Å². The minimum atomic E-state index is -4.58. The van der Waals surface area contributed by atoms with Gasteiger partial charge in [-0.25, -0.2) is 28.1 Å². The first-order valence-corrected chi connectivity index (χ1v) is 13.0. The topological polar surface area (TPSA) is 114 Å². The minimum Gasteiger partial charge on any atom is -0.310 e. The summed E-state index contributed by atoms with van der Waals surface area (Å²) in [6, 6.07) is 2.28. The van der Waals surface area contributed by atoms with E-state index < -0.39 is 31.2 Å². The Hall–Kier alpha value is -2.54. The Balaban J connectivity index is 2.36. The number of fused-ring (bicyclic) bond motifs is 1. The van der Waals surface area contributed by atoms with Gasteiger partial charge in [0.2, 0.25) is 0 Å². The van der Waals surface area contributed by atoms with Crippen LogP contribution in [0.3, 0.4) is 0 Å². The number of aromatic nitrogens is 4. The van der Waals surface area contributed by atoms with Crippen LogP contribution in [0.2, 0.25) is 0 Å². The van der Waals surface area contributed by atoms with E-state index in [0.717, 1.165) is 6.07 Å². The summed E-state index contributed by atoms with van der Waals surface area (Å²) in [7, 11) is -4.33. The van der Waals surface area contributed by atoms with Gasteiger partial charge >= 0.3 is 6.18 Å². The summed E-state index contributed by atoms with van der Waals surface area (Å²) in [4.78, 5) is 12.6. The number of nitrogens with zero attached hydrogens (tertiary/aromatic N) is 5. The first kappa shape index (κ1) is 23.1. The second-order valence-corrected chi connectivity index (χ2v) is 12.1. The predicted molar refractivity (Wildman–Crippen MR) is 113 cm³/mol. The Labute approximate surface area is 178 Å². The molecular weight excluding hydrogens is 453 g/mol. The van der Waals surface area contributed by atoms with Crippen LogP contribution in [0.5, 0.6) is 0 Å². The van der Waals surface area contributed by atoms with Crippen LogP contribution in [0.1, 0.15) is 18.2 Å². The van der Waals surface area contributed by atoms with E-state index in [9.17, 15) is 21.6 Å². The Morgan fingerprint density at radius 3 is 2.39 bits per heavy atom. The lowest BCUT2D eigenvalue weighted by Gasteiger charge is -2.13. The molecular formula is C18H21F3N6O2S2. The van der Waals surface area contributed by atoms with Crippen LogP contribution in [0.15, 0.2) is 27.6 Å². The van der Waals surface area contributed by atoms with Crippen molar-refractivity contribution in [1.82, 2.24) is 19.5 Å². The maximum absolute atomic E-state index is 13.1. The van der Waals surface area contributed by atoms with E-state index in [1.165, 1.54) is 23.1 Å². The van der Waals surface area contributed by atoms with Gasteiger partial charge in [0, 0.05) is 41.2 Å². The van der Waals surface area contributed by atoms with Crippen LogP contribution >= 0.6 is 0 Å². The van der Waals surface area contributed by atoms with Crippen molar-refractivity contribution in [3.05, 3.63) is 29.6 Å². The highest BCUT2D eigenvalue weighted by Crippen LogP contribution is 2.35. The number of rotatable bonds is 4. The second kappa shape index (κ2) is 7.55. The number of hydrogen-bond acceptors (Lipinski definition) is 7. The van der Waals surface area contributed by atoms with Crippen LogP contribution in [0.25, 0.3) is 22.7 Å². The predicted octanol–water partition coefficient (Wildman–Crippen LogP) is 4.14.